The van der Waals surface area contributed by atoms with Crippen molar-refractivity contribution < 1.29 is 36.3 Å². The number of benzene rings is 2. The van der Waals surface area contributed by atoms with E-state index in [1.807, 2.05) is 0 Å². The molecule has 1 aliphatic rings. The summed E-state index contributed by atoms with van der Waals surface area (Å²) in [7, 11) is 1.37. The molecule has 0 bridgehead atoms. The minimum Gasteiger partial charge on any atom is -0.358 e. The van der Waals surface area contributed by atoms with Crippen LogP contribution in [0.3, 0.4) is 0 Å². The molecule has 194 valence electrons. The number of hydrogen-bond donors (Lipinski definition) is 3. The summed E-state index contributed by atoms with van der Waals surface area (Å²) in [6, 6.07) is 3.60. The zero-order valence-electron chi connectivity index (χ0n) is 18.8. The third kappa shape index (κ3) is 5.40. The number of nitrogens with one attached hydrogen (secondary N) is 3. The van der Waals surface area contributed by atoms with Crippen LogP contribution in [-0.2, 0) is 28.7 Å². The Labute approximate surface area is 210 Å². The van der Waals surface area contributed by atoms with Crippen LogP contribution in [0.5, 0.6) is 0 Å². The van der Waals surface area contributed by atoms with Gasteiger partial charge in [-0.05, 0) is 36.4 Å². The first-order chi connectivity index (χ1) is 17.4. The highest BCUT2D eigenvalue weighted by Gasteiger charge is 2.36. The molecule has 4 rings (SSSR count). The lowest BCUT2D eigenvalue weighted by Gasteiger charge is -2.26. The monoisotopic (exact) mass is 541 g/mol. The molecule has 0 saturated heterocycles. The zero-order valence-corrected chi connectivity index (χ0v) is 19.6. The molecule has 3 N–H and O–H groups in total. The lowest BCUT2D eigenvalue weighted by molar-refractivity contribution is -0.137. The van der Waals surface area contributed by atoms with E-state index in [1.165, 1.54) is 13.1 Å². The molecule has 0 radical (unpaired) electrons. The predicted molar refractivity (Wildman–Crippen MR) is 121 cm³/mol. The first kappa shape index (κ1) is 26.1. The van der Waals surface area contributed by atoms with E-state index in [1.54, 1.807) is 0 Å². The molecule has 1 aromatic heterocycles. The molecular weight excluding hydrogens is 525 g/mol. The zero-order chi connectivity index (χ0) is 27.1. The number of likely N-dealkylation sites (N-methyl/N-ethyl adjacent to an activating group) is 1. The van der Waals surface area contributed by atoms with Gasteiger partial charge in [0.05, 0.1) is 23.7 Å². The second kappa shape index (κ2) is 9.81. The van der Waals surface area contributed by atoms with Gasteiger partial charge in [0.1, 0.15) is 18.2 Å². The van der Waals surface area contributed by atoms with E-state index in [4.69, 9.17) is 11.6 Å². The third-order valence-corrected chi connectivity index (χ3v) is 5.93. The molecule has 14 heteroatoms. The highest BCUT2D eigenvalue weighted by atomic mass is 35.5. The second-order valence-corrected chi connectivity index (χ2v) is 8.47. The lowest BCUT2D eigenvalue weighted by Crippen LogP contribution is -2.37. The summed E-state index contributed by atoms with van der Waals surface area (Å²) in [6.45, 7) is -0.371. The molecule has 0 fully saturated rings. The molecule has 1 unspecified atom stereocenters. The van der Waals surface area contributed by atoms with Gasteiger partial charge in [-0.1, -0.05) is 11.6 Å². The minimum atomic E-state index is -4.91. The topological polar surface area (TPSA) is 105 Å². The summed E-state index contributed by atoms with van der Waals surface area (Å²) in [5.41, 5.74) is -1.60. The number of carbonyl (C=O) groups excluding carboxylic acids is 3. The van der Waals surface area contributed by atoms with Crippen LogP contribution < -0.4 is 16.0 Å². The lowest BCUT2D eigenvalue weighted by atomic mass is 9.93. The maximum Gasteiger partial charge on any atom is 0.416 e. The van der Waals surface area contributed by atoms with Gasteiger partial charge in [0.25, 0.3) is 5.91 Å². The Balaban J connectivity index is 1.83. The van der Waals surface area contributed by atoms with Gasteiger partial charge < -0.3 is 16.0 Å². The molecule has 3 aromatic rings. The average Bonchev–Trinajstić information content (AvgIpc) is 3.15. The SMILES string of the molecule is CNC(=O)Cn1nc(NC(=O)c2cc(F)cc(C(F)(F)F)c2)c2c1CC(=O)NC2c1cc(F)ccc1Cl. The van der Waals surface area contributed by atoms with Crippen LogP contribution in [0, 0.1) is 11.6 Å². The highest BCUT2D eigenvalue weighted by Crippen LogP contribution is 2.38. The van der Waals surface area contributed by atoms with Crippen molar-refractivity contribution in [2.24, 2.45) is 0 Å². The van der Waals surface area contributed by atoms with E-state index in [2.05, 4.69) is 21.0 Å². The van der Waals surface area contributed by atoms with Crippen LogP contribution in [0.1, 0.15) is 38.8 Å². The van der Waals surface area contributed by atoms with Crippen LogP contribution >= 0.6 is 11.6 Å². The maximum absolute atomic E-state index is 14.1. The quantitative estimate of drug-likeness (QED) is 0.429. The Morgan fingerprint density at radius 1 is 1.16 bits per heavy atom. The van der Waals surface area contributed by atoms with Gasteiger partial charge in [-0.3, -0.25) is 19.1 Å². The minimum absolute atomic E-state index is 0.0656. The van der Waals surface area contributed by atoms with E-state index >= 15 is 0 Å². The highest BCUT2D eigenvalue weighted by molar-refractivity contribution is 6.31. The van der Waals surface area contributed by atoms with Gasteiger partial charge in [0, 0.05) is 28.8 Å². The van der Waals surface area contributed by atoms with Crippen LogP contribution in [0.15, 0.2) is 36.4 Å². The van der Waals surface area contributed by atoms with Crippen molar-refractivity contribution in [3.05, 3.63) is 81.0 Å². The third-order valence-electron chi connectivity index (χ3n) is 5.58. The number of carbonyl (C=O) groups is 3. The van der Waals surface area contributed by atoms with E-state index in [0.29, 0.717) is 12.1 Å². The number of rotatable bonds is 5. The molecule has 8 nitrogen and oxygen atoms in total. The van der Waals surface area contributed by atoms with Gasteiger partial charge in [0.2, 0.25) is 11.8 Å². The summed E-state index contributed by atoms with van der Waals surface area (Å²) < 4.78 is 68.5. The number of nitrogens with zero attached hydrogens (tertiary/aromatic N) is 2. The number of amides is 3. The molecule has 37 heavy (non-hydrogen) atoms. The maximum atomic E-state index is 14.1. The number of halogens is 6. The number of hydrogen-bond acceptors (Lipinski definition) is 4. The fourth-order valence-corrected chi connectivity index (χ4v) is 4.13. The molecular formula is C23H17ClF5N5O3. The summed E-state index contributed by atoms with van der Waals surface area (Å²) in [6.07, 6.45) is -5.19. The van der Waals surface area contributed by atoms with E-state index in [-0.39, 0.29) is 46.7 Å². The second-order valence-electron chi connectivity index (χ2n) is 8.06. The van der Waals surface area contributed by atoms with Gasteiger partial charge >= 0.3 is 6.18 Å². The molecule has 2 heterocycles. The summed E-state index contributed by atoms with van der Waals surface area (Å²) in [5, 5.41) is 11.6. The summed E-state index contributed by atoms with van der Waals surface area (Å²) >= 11 is 6.24. The Bertz CT molecular complexity index is 1420. The Hall–Kier alpha value is -4.00. The fourth-order valence-electron chi connectivity index (χ4n) is 3.91. The van der Waals surface area contributed by atoms with E-state index in [9.17, 15) is 36.3 Å². The number of aromatic nitrogens is 2. The van der Waals surface area contributed by atoms with Gasteiger partial charge in [0.15, 0.2) is 5.82 Å². The Morgan fingerprint density at radius 3 is 2.57 bits per heavy atom. The average molecular weight is 542 g/mol. The van der Waals surface area contributed by atoms with Gasteiger partial charge in [-0.15, -0.1) is 0 Å². The largest absolute Gasteiger partial charge is 0.416 e. The van der Waals surface area contributed by atoms with Crippen molar-refractivity contribution in [1.82, 2.24) is 20.4 Å². The number of fused-ring (bicyclic) bond motifs is 1. The van der Waals surface area contributed by atoms with Crippen molar-refractivity contribution in [2.75, 3.05) is 12.4 Å². The van der Waals surface area contributed by atoms with Crippen LogP contribution in [0.2, 0.25) is 5.02 Å². The van der Waals surface area contributed by atoms with Crippen molar-refractivity contribution >= 4 is 35.1 Å². The number of anilines is 1. The summed E-state index contributed by atoms with van der Waals surface area (Å²) in [5.74, 6) is -4.37. The number of alkyl halides is 3. The fraction of sp³-hybridized carbons (Fsp3) is 0.217. The molecule has 2 aromatic carbocycles. The molecule has 0 spiro atoms. The standard InChI is InChI=1S/C23H17ClF5N5O3/c1-30-18(36)9-34-16-8-17(35)31-20(14-7-12(25)2-3-15(14)24)19(16)21(33-34)32-22(37)10-4-11(23(27,28)29)6-13(26)5-10/h2-7,20H,8-9H2,1H3,(H,30,36)(H,31,35)(H,32,33,37). The van der Waals surface area contributed by atoms with Crippen molar-refractivity contribution in [2.45, 2.75) is 25.2 Å². The Morgan fingerprint density at radius 2 is 1.89 bits per heavy atom. The van der Waals surface area contributed by atoms with Gasteiger partial charge in [-0.25, -0.2) is 8.78 Å². The van der Waals surface area contributed by atoms with E-state index in [0.717, 1.165) is 16.8 Å². The van der Waals surface area contributed by atoms with E-state index < -0.39 is 52.7 Å². The van der Waals surface area contributed by atoms with Crippen molar-refractivity contribution in [1.29, 1.82) is 0 Å². The molecule has 0 aliphatic carbocycles. The molecule has 3 amide bonds. The first-order valence-electron chi connectivity index (χ1n) is 10.6. The smallest absolute Gasteiger partial charge is 0.358 e. The molecule has 1 atom stereocenters. The molecule has 0 saturated carbocycles. The van der Waals surface area contributed by atoms with Crippen molar-refractivity contribution in [3.8, 4) is 0 Å². The first-order valence-corrected chi connectivity index (χ1v) is 11.0. The predicted octanol–water partition coefficient (Wildman–Crippen LogP) is 3.59. The van der Waals surface area contributed by atoms with Crippen LogP contribution in [-0.4, -0.2) is 34.5 Å². The normalized spacial score (nSPS) is 15.1. The Kier molecular flexibility index (Phi) is 6.91. The summed E-state index contributed by atoms with van der Waals surface area (Å²) in [4.78, 5) is 37.5. The van der Waals surface area contributed by atoms with Crippen LogP contribution in [0.4, 0.5) is 27.8 Å². The molecule has 1 aliphatic heterocycles. The van der Waals surface area contributed by atoms with Gasteiger partial charge in [-0.2, -0.15) is 18.3 Å². The van der Waals surface area contributed by atoms with Crippen molar-refractivity contribution in [3.63, 3.8) is 0 Å². The van der Waals surface area contributed by atoms with Crippen LogP contribution in [0.25, 0.3) is 0 Å².